The molecule has 4 aromatic rings. The third-order valence-corrected chi connectivity index (χ3v) is 9.34. The Balaban J connectivity index is 1.63. The van der Waals surface area contributed by atoms with Crippen LogP contribution in [0.1, 0.15) is 48.9 Å². The number of aromatic nitrogens is 2. The van der Waals surface area contributed by atoms with E-state index in [0.29, 0.717) is 34.9 Å². The van der Waals surface area contributed by atoms with Crippen LogP contribution in [0, 0.1) is 0 Å². The fourth-order valence-corrected chi connectivity index (χ4v) is 6.94. The van der Waals surface area contributed by atoms with Crippen molar-refractivity contribution in [3.05, 3.63) is 82.0 Å². The van der Waals surface area contributed by atoms with Crippen molar-refractivity contribution in [3.63, 3.8) is 0 Å². The monoisotopic (exact) mass is 513 g/mol. The van der Waals surface area contributed by atoms with Crippen molar-refractivity contribution < 1.29 is 13.5 Å². The number of thiophene rings is 1. The van der Waals surface area contributed by atoms with Crippen LogP contribution in [0.3, 0.4) is 0 Å². The first-order chi connectivity index (χ1) is 16.1. The molecule has 9 heteroatoms. The molecule has 1 atom stereocenters. The molecule has 2 N–H and O–H groups in total. The summed E-state index contributed by atoms with van der Waals surface area (Å²) in [6, 6.07) is 16.2. The van der Waals surface area contributed by atoms with Crippen LogP contribution in [-0.2, 0) is 15.6 Å². The van der Waals surface area contributed by atoms with Crippen LogP contribution >= 0.6 is 22.9 Å². The van der Waals surface area contributed by atoms with Gasteiger partial charge >= 0.3 is 0 Å². The molecule has 1 aliphatic rings. The lowest BCUT2D eigenvalue weighted by molar-refractivity contribution is 0.0738. The van der Waals surface area contributed by atoms with Crippen LogP contribution in [0.2, 0.25) is 5.02 Å². The maximum absolute atomic E-state index is 12.9. The van der Waals surface area contributed by atoms with E-state index < -0.39 is 21.7 Å². The Morgan fingerprint density at radius 1 is 1.15 bits per heavy atom. The minimum Gasteiger partial charge on any atom is -0.384 e. The third kappa shape index (κ3) is 4.61. The first-order valence-corrected chi connectivity index (χ1v) is 13.7. The molecule has 1 saturated carbocycles. The third-order valence-electron chi connectivity index (χ3n) is 5.83. The molecular weight excluding hydrogens is 490 g/mol. The highest BCUT2D eigenvalue weighted by Crippen LogP contribution is 2.41. The summed E-state index contributed by atoms with van der Waals surface area (Å²) in [6.45, 7) is 3.37. The summed E-state index contributed by atoms with van der Waals surface area (Å²) in [4.78, 5) is 9.87. The zero-order valence-corrected chi connectivity index (χ0v) is 21.1. The summed E-state index contributed by atoms with van der Waals surface area (Å²) >= 11 is 7.99. The maximum Gasteiger partial charge on any atom is 0.215 e. The Bertz CT molecular complexity index is 1470. The van der Waals surface area contributed by atoms with E-state index in [1.165, 1.54) is 11.3 Å². The van der Waals surface area contributed by atoms with Gasteiger partial charge in [0.05, 0.1) is 17.0 Å². The predicted octanol–water partition coefficient (Wildman–Crippen LogP) is 5.41. The minimum absolute atomic E-state index is 0.347. The summed E-state index contributed by atoms with van der Waals surface area (Å²) in [5.74, 6) is 0.506. The van der Waals surface area contributed by atoms with E-state index in [-0.39, 0.29) is 5.25 Å². The van der Waals surface area contributed by atoms with E-state index in [1.54, 1.807) is 32.2 Å². The molecule has 0 bridgehead atoms. The molecule has 176 valence electrons. The average Bonchev–Trinajstić information content (AvgIpc) is 3.57. The number of nitrogens with zero attached hydrogens (tertiary/aromatic N) is 2. The highest BCUT2D eigenvalue weighted by molar-refractivity contribution is 7.90. The van der Waals surface area contributed by atoms with Gasteiger partial charge in [-0.15, -0.1) is 11.3 Å². The number of hydrogen-bond acceptors (Lipinski definition) is 6. The van der Waals surface area contributed by atoms with Crippen molar-refractivity contribution in [2.75, 3.05) is 0 Å². The summed E-state index contributed by atoms with van der Waals surface area (Å²) in [5.41, 5.74) is 0.963. The largest absolute Gasteiger partial charge is 0.384 e. The van der Waals surface area contributed by atoms with E-state index >= 15 is 0 Å². The number of hydrogen-bond donors (Lipinski definition) is 2. The first kappa shape index (κ1) is 23.4. The highest BCUT2D eigenvalue weighted by atomic mass is 35.5. The lowest BCUT2D eigenvalue weighted by Gasteiger charge is -2.19. The van der Waals surface area contributed by atoms with E-state index in [4.69, 9.17) is 11.6 Å². The van der Waals surface area contributed by atoms with Gasteiger partial charge in [0.25, 0.3) is 0 Å². The number of sulfonamides is 1. The normalized spacial score (nSPS) is 15.5. The number of aliphatic hydroxyl groups is 1. The van der Waals surface area contributed by atoms with Gasteiger partial charge in [0.2, 0.25) is 10.0 Å². The van der Waals surface area contributed by atoms with Gasteiger partial charge in [0.1, 0.15) is 5.60 Å². The van der Waals surface area contributed by atoms with Gasteiger partial charge < -0.3 is 5.11 Å². The standard InChI is InChI=1S/C25H24ClN3O3S2/c1-25(2,30)21-12-13-27-24(28-21)18-8-5-6-15-14-20(33-23(15)18)22(17-7-3-4-9-19(17)26)29-34(31,32)16-10-11-16/h3-9,12-14,16,22,29-30H,10-11H2,1-2H3/t22-/m1/s1. The second-order valence-corrected chi connectivity index (χ2v) is 12.5. The molecule has 0 radical (unpaired) electrons. The van der Waals surface area contributed by atoms with Crippen molar-refractivity contribution in [1.29, 1.82) is 0 Å². The number of nitrogens with one attached hydrogen (secondary N) is 1. The number of fused-ring (bicyclic) bond motifs is 1. The molecule has 0 amide bonds. The molecule has 0 aliphatic heterocycles. The molecular formula is C25H24ClN3O3S2. The van der Waals surface area contributed by atoms with Gasteiger partial charge in [-0.25, -0.2) is 23.1 Å². The molecule has 0 unspecified atom stereocenters. The van der Waals surface area contributed by atoms with E-state index in [1.807, 2.05) is 42.5 Å². The average molecular weight is 514 g/mol. The second-order valence-electron chi connectivity index (χ2n) is 9.01. The maximum atomic E-state index is 12.9. The van der Waals surface area contributed by atoms with Crippen molar-refractivity contribution in [3.8, 4) is 11.4 Å². The van der Waals surface area contributed by atoms with Crippen molar-refractivity contribution in [1.82, 2.24) is 14.7 Å². The van der Waals surface area contributed by atoms with E-state index in [2.05, 4.69) is 14.7 Å². The van der Waals surface area contributed by atoms with Gasteiger partial charge in [-0.2, -0.15) is 0 Å². The Kier molecular flexibility index (Phi) is 5.98. The molecule has 5 rings (SSSR count). The van der Waals surface area contributed by atoms with Crippen molar-refractivity contribution in [2.24, 2.45) is 0 Å². The Morgan fingerprint density at radius 2 is 1.91 bits per heavy atom. The minimum atomic E-state index is -3.48. The van der Waals surface area contributed by atoms with Crippen LogP contribution in [0.25, 0.3) is 21.5 Å². The van der Waals surface area contributed by atoms with E-state index in [0.717, 1.165) is 20.5 Å². The first-order valence-electron chi connectivity index (χ1n) is 11.0. The molecule has 2 heterocycles. The van der Waals surface area contributed by atoms with Crippen LogP contribution in [-0.4, -0.2) is 28.7 Å². The molecule has 6 nitrogen and oxygen atoms in total. The van der Waals surface area contributed by atoms with Crippen LogP contribution in [0.4, 0.5) is 0 Å². The quantitative estimate of drug-likeness (QED) is 0.344. The van der Waals surface area contributed by atoms with Crippen LogP contribution in [0.15, 0.2) is 60.8 Å². The van der Waals surface area contributed by atoms with E-state index in [9.17, 15) is 13.5 Å². The van der Waals surface area contributed by atoms with Crippen molar-refractivity contribution in [2.45, 2.75) is 43.6 Å². The van der Waals surface area contributed by atoms with Crippen LogP contribution < -0.4 is 4.72 Å². The molecule has 0 spiro atoms. The Morgan fingerprint density at radius 3 is 2.62 bits per heavy atom. The zero-order chi connectivity index (χ0) is 24.1. The molecule has 1 aliphatic carbocycles. The summed E-state index contributed by atoms with van der Waals surface area (Å²) in [7, 11) is -3.48. The second kappa shape index (κ2) is 8.70. The smallest absolute Gasteiger partial charge is 0.215 e. The Labute approximate surface area is 207 Å². The van der Waals surface area contributed by atoms with Gasteiger partial charge in [0.15, 0.2) is 5.82 Å². The van der Waals surface area contributed by atoms with Crippen molar-refractivity contribution >= 4 is 43.0 Å². The highest BCUT2D eigenvalue weighted by Gasteiger charge is 2.38. The number of halogens is 1. The fraction of sp³-hybridized carbons (Fsp3) is 0.280. The number of rotatable bonds is 7. The van der Waals surface area contributed by atoms with Gasteiger partial charge in [-0.05, 0) is 61.9 Å². The van der Waals surface area contributed by atoms with Gasteiger partial charge in [-0.1, -0.05) is 41.9 Å². The SMILES string of the molecule is CC(C)(O)c1ccnc(-c2cccc3cc([C@H](NS(=O)(=O)C4CC4)c4ccccc4Cl)sc23)n1. The summed E-state index contributed by atoms with van der Waals surface area (Å²) < 4.78 is 29.7. The number of benzene rings is 2. The molecule has 2 aromatic carbocycles. The fourth-order valence-electron chi connectivity index (χ4n) is 3.85. The zero-order valence-electron chi connectivity index (χ0n) is 18.7. The summed E-state index contributed by atoms with van der Waals surface area (Å²) in [5, 5.41) is 11.5. The van der Waals surface area contributed by atoms with Gasteiger partial charge in [0, 0.05) is 26.4 Å². The van der Waals surface area contributed by atoms with Crippen LogP contribution in [0.5, 0.6) is 0 Å². The Hall–Kier alpha value is -2.36. The lowest BCUT2D eigenvalue weighted by atomic mass is 10.0. The molecule has 2 aromatic heterocycles. The lowest BCUT2D eigenvalue weighted by Crippen LogP contribution is -2.31. The molecule has 0 saturated heterocycles. The molecule has 1 fully saturated rings. The van der Waals surface area contributed by atoms with Gasteiger partial charge in [-0.3, -0.25) is 0 Å². The summed E-state index contributed by atoms with van der Waals surface area (Å²) in [6.07, 6.45) is 2.99. The molecule has 34 heavy (non-hydrogen) atoms. The topological polar surface area (TPSA) is 92.2 Å². The predicted molar refractivity (Wildman–Crippen MR) is 136 cm³/mol.